The molecule has 0 spiro atoms. The van der Waals surface area contributed by atoms with Crippen molar-refractivity contribution in [2.24, 2.45) is 11.3 Å². The van der Waals surface area contributed by atoms with Gasteiger partial charge in [0.2, 0.25) is 0 Å². The van der Waals surface area contributed by atoms with Gasteiger partial charge in [-0.2, -0.15) is 13.2 Å². The van der Waals surface area contributed by atoms with Crippen LogP contribution in [-0.2, 0) is 0 Å². The summed E-state index contributed by atoms with van der Waals surface area (Å²) in [4.78, 5) is 1.75. The molecule has 0 amide bonds. The third-order valence-corrected chi connectivity index (χ3v) is 2.63. The Labute approximate surface area is 109 Å². The Hall–Kier alpha value is -0.290. The lowest BCUT2D eigenvalue weighted by molar-refractivity contribution is -0.137. The monoisotopic (exact) mass is 268 g/mol. The molecule has 0 aromatic heterocycles. The Morgan fingerprint density at radius 2 is 1.72 bits per heavy atom. The molecule has 0 bridgehead atoms. The molecule has 0 radical (unpaired) electrons. The molecule has 110 valence electrons. The summed E-state index contributed by atoms with van der Waals surface area (Å²) in [6.45, 7) is 10.9. The number of hydrogen-bond donors (Lipinski definition) is 1. The topological polar surface area (TPSA) is 15.3 Å². The van der Waals surface area contributed by atoms with Gasteiger partial charge in [0.1, 0.15) is 0 Å². The first-order chi connectivity index (χ1) is 8.02. The van der Waals surface area contributed by atoms with E-state index in [2.05, 4.69) is 33.0 Å². The van der Waals surface area contributed by atoms with Crippen LogP contribution in [0.2, 0.25) is 0 Å². The molecule has 0 saturated heterocycles. The van der Waals surface area contributed by atoms with Crippen LogP contribution in [0.4, 0.5) is 13.2 Å². The molecule has 5 heteroatoms. The van der Waals surface area contributed by atoms with Crippen molar-refractivity contribution < 1.29 is 13.2 Å². The molecular weight excluding hydrogens is 241 g/mol. The van der Waals surface area contributed by atoms with Crippen molar-refractivity contribution in [3.8, 4) is 0 Å². The van der Waals surface area contributed by atoms with E-state index in [1.165, 1.54) is 0 Å². The zero-order valence-corrected chi connectivity index (χ0v) is 12.2. The van der Waals surface area contributed by atoms with Crippen LogP contribution in [-0.4, -0.2) is 44.3 Å². The quantitative estimate of drug-likeness (QED) is 0.727. The highest BCUT2D eigenvalue weighted by Crippen LogP contribution is 2.21. The second-order valence-corrected chi connectivity index (χ2v) is 6.29. The van der Waals surface area contributed by atoms with E-state index >= 15 is 0 Å². The van der Waals surface area contributed by atoms with E-state index in [0.29, 0.717) is 12.5 Å². The maximum absolute atomic E-state index is 12.1. The van der Waals surface area contributed by atoms with Crippen LogP contribution >= 0.6 is 0 Å². The van der Waals surface area contributed by atoms with Crippen molar-refractivity contribution in [2.45, 2.75) is 40.3 Å². The van der Waals surface area contributed by atoms with Gasteiger partial charge in [-0.3, -0.25) is 0 Å². The summed E-state index contributed by atoms with van der Waals surface area (Å²) in [6, 6.07) is 0. The van der Waals surface area contributed by atoms with E-state index in [1.807, 2.05) is 0 Å². The summed E-state index contributed by atoms with van der Waals surface area (Å²) < 4.78 is 36.3. The van der Waals surface area contributed by atoms with Crippen molar-refractivity contribution in [2.75, 3.05) is 33.2 Å². The Balaban J connectivity index is 3.92. The Kier molecular flexibility index (Phi) is 7.22. The number of alkyl halides is 3. The van der Waals surface area contributed by atoms with Crippen LogP contribution in [0.15, 0.2) is 0 Å². The van der Waals surface area contributed by atoms with E-state index in [4.69, 9.17) is 0 Å². The molecule has 1 N–H and O–H groups in total. The molecule has 0 saturated carbocycles. The molecule has 0 aromatic carbocycles. The first kappa shape index (κ1) is 17.7. The first-order valence-electron chi connectivity index (χ1n) is 6.48. The van der Waals surface area contributed by atoms with Gasteiger partial charge in [0.25, 0.3) is 0 Å². The predicted molar refractivity (Wildman–Crippen MR) is 69.7 cm³/mol. The Morgan fingerprint density at radius 3 is 2.17 bits per heavy atom. The Bertz CT molecular complexity index is 225. The largest absolute Gasteiger partial charge is 0.390 e. The van der Waals surface area contributed by atoms with E-state index in [-0.39, 0.29) is 12.0 Å². The SMILES string of the molecule is CC(C)CNCC(C)(C)CN(C)CCC(F)(F)F. The van der Waals surface area contributed by atoms with Gasteiger partial charge in [-0.05, 0) is 24.9 Å². The van der Waals surface area contributed by atoms with Crippen LogP contribution in [0.3, 0.4) is 0 Å². The average Bonchev–Trinajstić information content (AvgIpc) is 2.11. The van der Waals surface area contributed by atoms with Crippen LogP contribution in [0.1, 0.15) is 34.1 Å². The average molecular weight is 268 g/mol. The second-order valence-electron chi connectivity index (χ2n) is 6.29. The molecule has 0 unspecified atom stereocenters. The van der Waals surface area contributed by atoms with Crippen LogP contribution in [0, 0.1) is 11.3 Å². The maximum Gasteiger partial charge on any atom is 0.390 e. The van der Waals surface area contributed by atoms with Gasteiger partial charge in [-0.15, -0.1) is 0 Å². The number of nitrogens with zero attached hydrogens (tertiary/aromatic N) is 1. The molecule has 0 fully saturated rings. The smallest absolute Gasteiger partial charge is 0.316 e. The molecule has 0 heterocycles. The minimum Gasteiger partial charge on any atom is -0.316 e. The first-order valence-corrected chi connectivity index (χ1v) is 6.48. The van der Waals surface area contributed by atoms with Gasteiger partial charge >= 0.3 is 6.18 Å². The summed E-state index contributed by atoms with van der Waals surface area (Å²) in [6.07, 6.45) is -4.80. The fraction of sp³-hybridized carbons (Fsp3) is 1.00. The molecule has 0 aliphatic carbocycles. The summed E-state index contributed by atoms with van der Waals surface area (Å²) in [5, 5.41) is 3.35. The molecule has 0 atom stereocenters. The van der Waals surface area contributed by atoms with Gasteiger partial charge in [0.05, 0.1) is 6.42 Å². The highest BCUT2D eigenvalue weighted by molar-refractivity contribution is 4.75. The minimum absolute atomic E-state index is 0.0186. The standard InChI is InChI=1S/C13H27F3N2/c1-11(2)8-17-9-12(3,4)10-18(5)7-6-13(14,15)16/h11,17H,6-10H2,1-5H3. The van der Waals surface area contributed by atoms with Crippen molar-refractivity contribution in [1.82, 2.24) is 10.2 Å². The van der Waals surface area contributed by atoms with Gasteiger partial charge in [0.15, 0.2) is 0 Å². The summed E-state index contributed by atoms with van der Waals surface area (Å²) in [7, 11) is 1.75. The predicted octanol–water partition coefficient (Wildman–Crippen LogP) is 3.14. The molecule has 0 aliphatic heterocycles. The third-order valence-electron chi connectivity index (χ3n) is 2.63. The summed E-state index contributed by atoms with van der Waals surface area (Å²) in [5.41, 5.74) is -0.0186. The summed E-state index contributed by atoms with van der Waals surface area (Å²) in [5.74, 6) is 0.587. The van der Waals surface area contributed by atoms with Crippen molar-refractivity contribution in [1.29, 1.82) is 0 Å². The highest BCUT2D eigenvalue weighted by Gasteiger charge is 2.28. The number of hydrogen-bond acceptors (Lipinski definition) is 2. The molecule has 0 aliphatic rings. The molecule has 0 aromatic rings. The van der Waals surface area contributed by atoms with E-state index in [1.54, 1.807) is 11.9 Å². The lowest BCUT2D eigenvalue weighted by Gasteiger charge is -2.31. The third kappa shape index (κ3) is 10.8. The van der Waals surface area contributed by atoms with Gasteiger partial charge < -0.3 is 10.2 Å². The molecular formula is C13H27F3N2. The van der Waals surface area contributed by atoms with E-state index < -0.39 is 12.6 Å². The van der Waals surface area contributed by atoms with Crippen molar-refractivity contribution in [3.63, 3.8) is 0 Å². The Morgan fingerprint density at radius 1 is 1.17 bits per heavy atom. The number of rotatable bonds is 8. The summed E-state index contributed by atoms with van der Waals surface area (Å²) >= 11 is 0. The zero-order valence-electron chi connectivity index (χ0n) is 12.2. The minimum atomic E-state index is -4.06. The van der Waals surface area contributed by atoms with Crippen molar-refractivity contribution in [3.05, 3.63) is 0 Å². The lowest BCUT2D eigenvalue weighted by atomic mass is 9.92. The van der Waals surface area contributed by atoms with Crippen LogP contribution < -0.4 is 5.32 Å². The van der Waals surface area contributed by atoms with Crippen LogP contribution in [0.5, 0.6) is 0 Å². The van der Waals surface area contributed by atoms with Gasteiger partial charge in [-0.25, -0.2) is 0 Å². The fourth-order valence-corrected chi connectivity index (χ4v) is 1.88. The van der Waals surface area contributed by atoms with Gasteiger partial charge in [-0.1, -0.05) is 27.7 Å². The fourth-order valence-electron chi connectivity index (χ4n) is 1.88. The van der Waals surface area contributed by atoms with Crippen molar-refractivity contribution >= 4 is 0 Å². The highest BCUT2D eigenvalue weighted by atomic mass is 19.4. The number of nitrogens with one attached hydrogen (secondary N) is 1. The normalized spacial score (nSPS) is 13.7. The number of halogens is 3. The van der Waals surface area contributed by atoms with E-state index in [9.17, 15) is 13.2 Å². The lowest BCUT2D eigenvalue weighted by Crippen LogP contribution is -2.40. The van der Waals surface area contributed by atoms with Crippen LogP contribution in [0.25, 0.3) is 0 Å². The maximum atomic E-state index is 12.1. The zero-order chi connectivity index (χ0) is 14.4. The molecule has 0 rings (SSSR count). The van der Waals surface area contributed by atoms with Gasteiger partial charge in [0, 0.05) is 19.6 Å². The van der Waals surface area contributed by atoms with E-state index in [0.717, 1.165) is 13.1 Å². The molecule has 2 nitrogen and oxygen atoms in total. The molecule has 18 heavy (non-hydrogen) atoms. The second kappa shape index (κ2) is 7.34.